The van der Waals surface area contributed by atoms with Gasteiger partial charge in [-0.15, -0.1) is 0 Å². The first-order valence-electron chi connectivity index (χ1n) is 5.12. The predicted molar refractivity (Wildman–Crippen MR) is 61.9 cm³/mol. The van der Waals surface area contributed by atoms with E-state index >= 15 is 0 Å². The van der Waals surface area contributed by atoms with E-state index in [0.717, 1.165) is 11.4 Å². The highest BCUT2D eigenvalue weighted by Crippen LogP contribution is 2.18. The Kier molecular flexibility index (Phi) is 2.18. The van der Waals surface area contributed by atoms with Crippen LogP contribution in [0.3, 0.4) is 0 Å². The van der Waals surface area contributed by atoms with E-state index in [4.69, 9.17) is 0 Å². The lowest BCUT2D eigenvalue weighted by atomic mass is 10.3. The van der Waals surface area contributed by atoms with Gasteiger partial charge >= 0.3 is 0 Å². The monoisotopic (exact) mass is 227 g/mol. The molecule has 1 N–H and O–H groups in total. The number of benzene rings is 1. The first-order chi connectivity index (χ1) is 8.33. The summed E-state index contributed by atoms with van der Waals surface area (Å²) in [7, 11) is 0. The molecule has 0 radical (unpaired) electrons. The van der Waals surface area contributed by atoms with E-state index in [9.17, 15) is 0 Å². The van der Waals surface area contributed by atoms with Crippen LogP contribution in [0.4, 0.5) is 11.5 Å². The molecule has 84 valence electrons. The van der Waals surface area contributed by atoms with E-state index in [1.165, 1.54) is 0 Å². The molecule has 17 heavy (non-hydrogen) atoms. The number of aryl methyl sites for hydroxylation is 1. The molecule has 6 heteroatoms. The van der Waals surface area contributed by atoms with Crippen LogP contribution >= 0.6 is 0 Å². The Bertz CT molecular complexity index is 649. The van der Waals surface area contributed by atoms with E-state index in [-0.39, 0.29) is 0 Å². The third-order valence-corrected chi connectivity index (χ3v) is 2.33. The maximum atomic E-state index is 4.57. The van der Waals surface area contributed by atoms with Gasteiger partial charge < -0.3 is 5.32 Å². The predicted octanol–water partition coefficient (Wildman–Crippen LogP) is 2.06. The summed E-state index contributed by atoms with van der Waals surface area (Å²) in [4.78, 5) is 8.53. The van der Waals surface area contributed by atoms with Gasteiger partial charge in [0.1, 0.15) is 0 Å². The van der Waals surface area contributed by atoms with Crippen LogP contribution in [0.25, 0.3) is 11.3 Å². The molecule has 0 spiro atoms. The molecule has 6 nitrogen and oxygen atoms in total. The van der Waals surface area contributed by atoms with Crippen molar-refractivity contribution in [1.82, 2.24) is 20.3 Å². The summed E-state index contributed by atoms with van der Waals surface area (Å²) in [5.74, 6) is 0.652. The van der Waals surface area contributed by atoms with Gasteiger partial charge in [-0.1, -0.05) is 18.2 Å². The second-order valence-corrected chi connectivity index (χ2v) is 3.56. The van der Waals surface area contributed by atoms with Gasteiger partial charge in [0, 0.05) is 5.69 Å². The fraction of sp³-hybridized carbons (Fsp3) is 0.0909. The van der Waals surface area contributed by atoms with Gasteiger partial charge in [-0.05, 0) is 29.4 Å². The van der Waals surface area contributed by atoms with Crippen molar-refractivity contribution in [3.05, 3.63) is 36.0 Å². The number of anilines is 2. The third-order valence-electron chi connectivity index (χ3n) is 2.33. The Morgan fingerprint density at radius 1 is 1.00 bits per heavy atom. The van der Waals surface area contributed by atoms with Crippen molar-refractivity contribution in [2.24, 2.45) is 0 Å². The second kappa shape index (κ2) is 3.82. The summed E-state index contributed by atoms with van der Waals surface area (Å²) in [5, 5.41) is 10.5. The fourth-order valence-corrected chi connectivity index (χ4v) is 1.50. The van der Waals surface area contributed by atoms with Crippen LogP contribution in [-0.2, 0) is 0 Å². The number of nitrogens with zero attached hydrogens (tertiary/aromatic N) is 4. The Hall–Kier alpha value is -2.50. The highest BCUT2D eigenvalue weighted by atomic mass is 16.6. The summed E-state index contributed by atoms with van der Waals surface area (Å²) in [5.41, 5.74) is 2.51. The van der Waals surface area contributed by atoms with Crippen molar-refractivity contribution in [1.29, 1.82) is 0 Å². The van der Waals surface area contributed by atoms with Crippen molar-refractivity contribution in [2.45, 2.75) is 6.92 Å². The van der Waals surface area contributed by atoms with Crippen molar-refractivity contribution in [3.8, 4) is 0 Å². The van der Waals surface area contributed by atoms with Gasteiger partial charge in [0.05, 0.1) is 5.69 Å². The van der Waals surface area contributed by atoms with E-state index in [0.29, 0.717) is 17.1 Å². The average molecular weight is 227 g/mol. The van der Waals surface area contributed by atoms with E-state index in [2.05, 4.69) is 30.2 Å². The molecular weight excluding hydrogens is 218 g/mol. The van der Waals surface area contributed by atoms with Crippen LogP contribution in [0.2, 0.25) is 0 Å². The largest absolute Gasteiger partial charge is 0.339 e. The van der Waals surface area contributed by atoms with Gasteiger partial charge in [-0.2, -0.15) is 0 Å². The molecule has 0 unspecified atom stereocenters. The third kappa shape index (κ3) is 1.80. The zero-order valence-electron chi connectivity index (χ0n) is 9.08. The zero-order chi connectivity index (χ0) is 11.7. The van der Waals surface area contributed by atoms with Crippen LogP contribution in [0, 0.1) is 6.92 Å². The molecule has 0 aliphatic heterocycles. The highest BCUT2D eigenvalue weighted by Gasteiger charge is 2.09. The van der Waals surface area contributed by atoms with Crippen molar-refractivity contribution in [2.75, 3.05) is 5.32 Å². The molecule has 3 aromatic rings. The Morgan fingerprint density at radius 3 is 2.47 bits per heavy atom. The van der Waals surface area contributed by atoms with Crippen LogP contribution in [0.1, 0.15) is 5.69 Å². The molecule has 0 fully saturated rings. The molecule has 0 saturated heterocycles. The first-order valence-corrected chi connectivity index (χ1v) is 5.12. The van der Waals surface area contributed by atoms with Crippen LogP contribution < -0.4 is 5.32 Å². The number of hydrogen-bond acceptors (Lipinski definition) is 6. The summed E-state index contributed by atoms with van der Waals surface area (Å²) in [6.45, 7) is 1.85. The van der Waals surface area contributed by atoms with E-state index in [1.807, 2.05) is 37.3 Å². The van der Waals surface area contributed by atoms with E-state index in [1.54, 1.807) is 0 Å². The maximum absolute atomic E-state index is 4.57. The van der Waals surface area contributed by atoms with Crippen molar-refractivity contribution < 1.29 is 4.63 Å². The zero-order valence-corrected chi connectivity index (χ0v) is 9.08. The number of aromatic nitrogens is 4. The number of hydrogen-bond donors (Lipinski definition) is 1. The molecule has 0 aliphatic rings. The Morgan fingerprint density at radius 2 is 1.71 bits per heavy atom. The second-order valence-electron chi connectivity index (χ2n) is 3.56. The highest BCUT2D eigenvalue weighted by molar-refractivity contribution is 5.69. The summed E-state index contributed by atoms with van der Waals surface area (Å²) >= 11 is 0. The standard InChI is InChI=1S/C11H9N5O/c1-7-9(13-8-5-3-2-4-6-8)14-11-10(12-7)15-17-16-11/h2-6H,1H3,(H,13,14,16). The van der Waals surface area contributed by atoms with Crippen LogP contribution in [-0.4, -0.2) is 20.3 Å². The fourth-order valence-electron chi connectivity index (χ4n) is 1.50. The summed E-state index contributed by atoms with van der Waals surface area (Å²) in [6, 6.07) is 9.75. The lowest BCUT2D eigenvalue weighted by Crippen LogP contribution is -1.99. The van der Waals surface area contributed by atoms with Gasteiger partial charge in [0.25, 0.3) is 0 Å². The van der Waals surface area contributed by atoms with Crippen LogP contribution in [0.15, 0.2) is 35.0 Å². The smallest absolute Gasteiger partial charge is 0.245 e. The van der Waals surface area contributed by atoms with Gasteiger partial charge in [0.2, 0.25) is 11.3 Å². The minimum atomic E-state index is 0.397. The molecule has 0 amide bonds. The van der Waals surface area contributed by atoms with Crippen molar-refractivity contribution in [3.63, 3.8) is 0 Å². The molecule has 0 aliphatic carbocycles. The maximum Gasteiger partial charge on any atom is 0.245 e. The molecule has 1 aromatic carbocycles. The van der Waals surface area contributed by atoms with Gasteiger partial charge in [0.15, 0.2) is 5.82 Å². The number of fused-ring (bicyclic) bond motifs is 1. The molecule has 0 atom stereocenters. The van der Waals surface area contributed by atoms with E-state index < -0.39 is 0 Å². The van der Waals surface area contributed by atoms with Gasteiger partial charge in [-0.25, -0.2) is 14.6 Å². The van der Waals surface area contributed by atoms with Crippen LogP contribution in [0.5, 0.6) is 0 Å². The lowest BCUT2D eigenvalue weighted by molar-refractivity contribution is 0.314. The SMILES string of the molecule is Cc1nc2nonc2nc1Nc1ccccc1. The molecule has 0 bridgehead atoms. The van der Waals surface area contributed by atoms with Crippen molar-refractivity contribution >= 4 is 22.8 Å². The lowest BCUT2D eigenvalue weighted by Gasteiger charge is -2.06. The minimum Gasteiger partial charge on any atom is -0.339 e. The average Bonchev–Trinajstić information content (AvgIpc) is 2.78. The van der Waals surface area contributed by atoms with Gasteiger partial charge in [-0.3, -0.25) is 0 Å². The molecular formula is C11H9N5O. The topological polar surface area (TPSA) is 76.7 Å². The molecule has 2 aromatic heterocycles. The molecule has 3 rings (SSSR count). The number of para-hydroxylation sites is 1. The molecule has 2 heterocycles. The quantitative estimate of drug-likeness (QED) is 0.722. The Balaban J connectivity index is 2.02. The first kappa shape index (κ1) is 9.71. The normalized spacial score (nSPS) is 10.6. The molecule has 0 saturated carbocycles. The summed E-state index contributed by atoms with van der Waals surface area (Å²) < 4.78 is 4.57. The number of nitrogens with one attached hydrogen (secondary N) is 1. The number of rotatable bonds is 2. The minimum absolute atomic E-state index is 0.397. The Labute approximate surface area is 96.7 Å². The summed E-state index contributed by atoms with van der Waals surface area (Å²) in [6.07, 6.45) is 0.